The van der Waals surface area contributed by atoms with Gasteiger partial charge in [-0.25, -0.2) is 4.79 Å². The van der Waals surface area contributed by atoms with Gasteiger partial charge in [-0.1, -0.05) is 18.2 Å². The van der Waals surface area contributed by atoms with Gasteiger partial charge in [-0.05, 0) is 68.4 Å². The molecule has 4 aliphatic rings. The Morgan fingerprint density at radius 2 is 1.85 bits per heavy atom. The third kappa shape index (κ3) is 3.22. The number of fused-ring (bicyclic) bond motifs is 1. The van der Waals surface area contributed by atoms with Crippen LogP contribution in [-0.4, -0.2) is 25.2 Å². The lowest BCUT2D eigenvalue weighted by Gasteiger charge is -2.56. The number of para-hydroxylation sites is 1. The first-order valence-electron chi connectivity index (χ1n) is 10.2. The van der Waals surface area contributed by atoms with Crippen molar-refractivity contribution in [3.63, 3.8) is 0 Å². The summed E-state index contributed by atoms with van der Waals surface area (Å²) >= 11 is 0. The van der Waals surface area contributed by atoms with Crippen molar-refractivity contribution >= 4 is 17.0 Å². The van der Waals surface area contributed by atoms with Crippen molar-refractivity contribution in [3.8, 4) is 0 Å². The molecule has 0 aliphatic heterocycles. The standard InChI is InChI=1S/C22H28N2O3/c1-26-20(19-9-17-4-2-3-5-18(17)27-19)13-23-21(25)24-22-10-14-6-15(11-22)8-16(7-14)12-22/h2-5,9,14-16,20H,6-8,10-13H2,1H3,(H2,23,24,25). The molecule has 5 nitrogen and oxygen atoms in total. The van der Waals surface area contributed by atoms with Crippen LogP contribution in [0, 0.1) is 17.8 Å². The molecule has 144 valence electrons. The van der Waals surface area contributed by atoms with Crippen LogP contribution >= 0.6 is 0 Å². The molecule has 4 aliphatic carbocycles. The van der Waals surface area contributed by atoms with Gasteiger partial charge in [-0.3, -0.25) is 0 Å². The van der Waals surface area contributed by atoms with Crippen LogP contribution in [0.5, 0.6) is 0 Å². The zero-order valence-corrected chi connectivity index (χ0v) is 15.9. The highest BCUT2D eigenvalue weighted by molar-refractivity contribution is 5.78. The molecule has 2 amide bonds. The molecule has 4 fully saturated rings. The highest BCUT2D eigenvalue weighted by Crippen LogP contribution is 2.55. The molecule has 4 bridgehead atoms. The number of ether oxygens (including phenoxy) is 1. The molecule has 6 rings (SSSR count). The second kappa shape index (κ2) is 6.55. The van der Waals surface area contributed by atoms with Gasteiger partial charge in [-0.15, -0.1) is 0 Å². The molecule has 0 spiro atoms. The second-order valence-electron chi connectivity index (χ2n) is 8.94. The average Bonchev–Trinajstić information content (AvgIpc) is 3.04. The van der Waals surface area contributed by atoms with E-state index in [1.807, 2.05) is 30.3 Å². The van der Waals surface area contributed by atoms with E-state index >= 15 is 0 Å². The Morgan fingerprint density at radius 1 is 1.19 bits per heavy atom. The van der Waals surface area contributed by atoms with E-state index in [2.05, 4.69) is 10.6 Å². The van der Waals surface area contributed by atoms with E-state index in [9.17, 15) is 4.79 Å². The third-order valence-corrected chi connectivity index (χ3v) is 6.91. The lowest BCUT2D eigenvalue weighted by atomic mass is 9.53. The largest absolute Gasteiger partial charge is 0.458 e. The Bertz CT molecular complexity index is 775. The van der Waals surface area contributed by atoms with Crippen LogP contribution in [-0.2, 0) is 4.74 Å². The van der Waals surface area contributed by atoms with E-state index in [1.54, 1.807) is 7.11 Å². The Labute approximate surface area is 159 Å². The molecule has 1 atom stereocenters. The Kier molecular flexibility index (Phi) is 4.15. The number of amides is 2. The zero-order valence-electron chi connectivity index (χ0n) is 15.9. The minimum absolute atomic E-state index is 0.0285. The fraction of sp³-hybridized carbons (Fsp3) is 0.591. The summed E-state index contributed by atoms with van der Waals surface area (Å²) in [6.07, 6.45) is 7.30. The average molecular weight is 368 g/mol. The van der Waals surface area contributed by atoms with E-state index < -0.39 is 0 Å². The molecule has 27 heavy (non-hydrogen) atoms. The smallest absolute Gasteiger partial charge is 0.315 e. The van der Waals surface area contributed by atoms with Crippen LogP contribution in [0.15, 0.2) is 34.7 Å². The first-order valence-corrected chi connectivity index (χ1v) is 10.2. The van der Waals surface area contributed by atoms with Crippen LogP contribution in [0.25, 0.3) is 11.0 Å². The van der Waals surface area contributed by atoms with Gasteiger partial charge in [0.15, 0.2) is 0 Å². The van der Waals surface area contributed by atoms with Crippen molar-refractivity contribution in [1.82, 2.24) is 10.6 Å². The monoisotopic (exact) mass is 368 g/mol. The van der Waals surface area contributed by atoms with Crippen LogP contribution in [0.4, 0.5) is 4.79 Å². The van der Waals surface area contributed by atoms with Gasteiger partial charge < -0.3 is 19.8 Å². The summed E-state index contributed by atoms with van der Waals surface area (Å²) in [5.41, 5.74) is 0.869. The Morgan fingerprint density at radius 3 is 2.48 bits per heavy atom. The van der Waals surface area contributed by atoms with E-state index in [1.165, 1.54) is 19.3 Å². The molecular weight excluding hydrogens is 340 g/mol. The van der Waals surface area contributed by atoms with E-state index in [-0.39, 0.29) is 17.7 Å². The minimum Gasteiger partial charge on any atom is -0.458 e. The maximum atomic E-state index is 12.6. The number of furan rings is 1. The van der Waals surface area contributed by atoms with Crippen molar-refractivity contribution in [2.24, 2.45) is 17.8 Å². The Balaban J connectivity index is 1.22. The van der Waals surface area contributed by atoms with E-state index in [0.717, 1.165) is 53.7 Å². The molecule has 2 aromatic rings. The number of carbonyl (C=O) groups excluding carboxylic acids is 1. The molecule has 0 radical (unpaired) electrons. The molecule has 5 heteroatoms. The minimum atomic E-state index is -0.292. The van der Waals surface area contributed by atoms with Gasteiger partial charge in [-0.2, -0.15) is 0 Å². The van der Waals surface area contributed by atoms with Crippen LogP contribution in [0.1, 0.15) is 50.4 Å². The predicted octanol–water partition coefficient (Wildman–Crippen LogP) is 4.39. The number of carbonyl (C=O) groups is 1. The number of nitrogens with one attached hydrogen (secondary N) is 2. The molecule has 2 N–H and O–H groups in total. The van der Waals surface area contributed by atoms with Crippen LogP contribution < -0.4 is 10.6 Å². The highest BCUT2D eigenvalue weighted by atomic mass is 16.5. The van der Waals surface area contributed by atoms with Crippen molar-refractivity contribution in [2.45, 2.75) is 50.2 Å². The fourth-order valence-corrected chi connectivity index (χ4v) is 6.20. The van der Waals surface area contributed by atoms with Crippen molar-refractivity contribution < 1.29 is 13.9 Å². The third-order valence-electron chi connectivity index (χ3n) is 6.91. The normalized spacial score (nSPS) is 32.6. The maximum absolute atomic E-state index is 12.6. The van der Waals surface area contributed by atoms with Gasteiger partial charge in [0.1, 0.15) is 17.4 Å². The van der Waals surface area contributed by atoms with Gasteiger partial charge in [0, 0.05) is 18.0 Å². The summed E-state index contributed by atoms with van der Waals surface area (Å²) in [5.74, 6) is 3.20. The number of urea groups is 1. The van der Waals surface area contributed by atoms with Gasteiger partial charge in [0.05, 0.1) is 6.54 Å². The summed E-state index contributed by atoms with van der Waals surface area (Å²) in [6.45, 7) is 0.397. The summed E-state index contributed by atoms with van der Waals surface area (Å²) in [7, 11) is 1.65. The Hall–Kier alpha value is -2.01. The maximum Gasteiger partial charge on any atom is 0.315 e. The zero-order chi connectivity index (χ0) is 18.4. The summed E-state index contributed by atoms with van der Waals surface area (Å²) in [6, 6.07) is 9.81. The molecule has 1 unspecified atom stereocenters. The van der Waals surface area contributed by atoms with Crippen molar-refractivity contribution in [2.75, 3.05) is 13.7 Å². The summed E-state index contributed by atoms with van der Waals surface area (Å²) < 4.78 is 11.5. The summed E-state index contributed by atoms with van der Waals surface area (Å²) in [4.78, 5) is 12.6. The van der Waals surface area contributed by atoms with Gasteiger partial charge >= 0.3 is 6.03 Å². The lowest BCUT2D eigenvalue weighted by Crippen LogP contribution is -2.61. The first-order chi connectivity index (χ1) is 13.1. The number of methoxy groups -OCH3 is 1. The molecular formula is C22H28N2O3. The summed E-state index contributed by atoms with van der Waals surface area (Å²) in [5, 5.41) is 7.41. The predicted molar refractivity (Wildman–Crippen MR) is 103 cm³/mol. The van der Waals surface area contributed by atoms with E-state index in [4.69, 9.17) is 9.15 Å². The van der Waals surface area contributed by atoms with Crippen molar-refractivity contribution in [1.29, 1.82) is 0 Å². The molecule has 1 aromatic heterocycles. The fourth-order valence-electron chi connectivity index (χ4n) is 6.20. The van der Waals surface area contributed by atoms with Crippen LogP contribution in [0.3, 0.4) is 0 Å². The number of hydrogen-bond acceptors (Lipinski definition) is 3. The highest BCUT2D eigenvalue weighted by Gasteiger charge is 2.51. The number of hydrogen-bond donors (Lipinski definition) is 2. The first kappa shape index (κ1) is 17.1. The SMILES string of the molecule is COC(CNC(=O)NC12CC3CC(CC(C3)C1)C2)c1cc2ccccc2o1. The number of rotatable bonds is 5. The molecule has 4 saturated carbocycles. The quantitative estimate of drug-likeness (QED) is 0.823. The van der Waals surface area contributed by atoms with E-state index in [0.29, 0.717) is 6.54 Å². The van der Waals surface area contributed by atoms with Gasteiger partial charge in [0.2, 0.25) is 0 Å². The number of benzene rings is 1. The second-order valence-corrected chi connectivity index (χ2v) is 8.94. The molecule has 1 heterocycles. The molecule has 1 aromatic carbocycles. The lowest BCUT2D eigenvalue weighted by molar-refractivity contribution is -0.0138. The van der Waals surface area contributed by atoms with Crippen molar-refractivity contribution in [3.05, 3.63) is 36.1 Å². The van der Waals surface area contributed by atoms with Crippen LogP contribution in [0.2, 0.25) is 0 Å². The van der Waals surface area contributed by atoms with Gasteiger partial charge in [0.25, 0.3) is 0 Å². The molecule has 0 saturated heterocycles. The topological polar surface area (TPSA) is 63.5 Å².